The molecule has 5 nitrogen and oxygen atoms in total. The number of amides is 1. The van der Waals surface area contributed by atoms with Crippen molar-refractivity contribution in [2.24, 2.45) is 0 Å². The highest BCUT2D eigenvalue weighted by Crippen LogP contribution is 2.29. The monoisotopic (exact) mass is 325 g/mol. The lowest BCUT2D eigenvalue weighted by atomic mass is 10.2. The first-order valence-electron chi connectivity index (χ1n) is 7.71. The minimum Gasteiger partial charge on any atom is -0.493 e. The highest BCUT2D eigenvalue weighted by Gasteiger charge is 2.15. The van der Waals surface area contributed by atoms with Crippen LogP contribution in [-0.2, 0) is 0 Å². The molecule has 2 aromatic carbocycles. The van der Waals surface area contributed by atoms with Gasteiger partial charge in [0.25, 0.3) is 5.91 Å². The number of carbonyl (C=O) groups excluding carboxylic acids is 1. The maximum atomic E-state index is 12.4. The number of carbonyl (C=O) groups is 1. The number of anilines is 1. The second-order valence-corrected chi connectivity index (χ2v) is 5.64. The first-order chi connectivity index (χ1) is 11.6. The molecule has 24 heavy (non-hydrogen) atoms. The smallest absolute Gasteiger partial charge is 0.291 e. The van der Waals surface area contributed by atoms with Crippen molar-refractivity contribution < 1.29 is 18.7 Å². The van der Waals surface area contributed by atoms with Crippen molar-refractivity contribution in [3.8, 4) is 11.5 Å². The summed E-state index contributed by atoms with van der Waals surface area (Å²) in [5.41, 5.74) is 1.20. The fourth-order valence-corrected chi connectivity index (χ4v) is 2.42. The molecule has 3 aromatic rings. The number of para-hydroxylation sites is 1. The van der Waals surface area contributed by atoms with Crippen LogP contribution in [0.3, 0.4) is 0 Å². The van der Waals surface area contributed by atoms with Gasteiger partial charge in [-0.15, -0.1) is 0 Å². The molecule has 1 heterocycles. The van der Waals surface area contributed by atoms with Crippen LogP contribution in [0.15, 0.2) is 52.9 Å². The van der Waals surface area contributed by atoms with E-state index in [9.17, 15) is 4.79 Å². The first-order valence-corrected chi connectivity index (χ1v) is 7.71. The molecule has 124 valence electrons. The maximum absolute atomic E-state index is 12.4. The average Bonchev–Trinajstić information content (AvgIpc) is 2.98. The number of benzene rings is 2. The van der Waals surface area contributed by atoms with E-state index in [1.165, 1.54) is 0 Å². The number of hydrogen-bond acceptors (Lipinski definition) is 4. The second kappa shape index (κ2) is 6.66. The lowest BCUT2D eigenvalue weighted by Crippen LogP contribution is -2.11. The molecule has 0 bridgehead atoms. The van der Waals surface area contributed by atoms with Crippen molar-refractivity contribution in [1.29, 1.82) is 0 Å². The molecule has 0 fully saturated rings. The molecule has 1 N–H and O–H groups in total. The second-order valence-electron chi connectivity index (χ2n) is 5.64. The van der Waals surface area contributed by atoms with Gasteiger partial charge in [0.05, 0.1) is 13.2 Å². The molecule has 0 radical (unpaired) electrons. The minimum atomic E-state index is -0.324. The molecule has 1 amide bonds. The van der Waals surface area contributed by atoms with Crippen LogP contribution in [-0.4, -0.2) is 19.1 Å². The molecular formula is C19H19NO4. The fraction of sp³-hybridized carbons (Fsp3) is 0.211. The van der Waals surface area contributed by atoms with E-state index >= 15 is 0 Å². The molecule has 0 saturated carbocycles. The van der Waals surface area contributed by atoms with Gasteiger partial charge in [0.2, 0.25) is 0 Å². The quantitative estimate of drug-likeness (QED) is 0.751. The highest BCUT2D eigenvalue weighted by atomic mass is 16.5. The van der Waals surface area contributed by atoms with Crippen molar-refractivity contribution in [2.75, 3.05) is 12.4 Å². The van der Waals surface area contributed by atoms with Crippen molar-refractivity contribution >= 4 is 22.6 Å². The molecule has 0 aliphatic carbocycles. The fourth-order valence-electron chi connectivity index (χ4n) is 2.42. The number of ether oxygens (including phenoxy) is 2. The molecular weight excluding hydrogens is 306 g/mol. The van der Waals surface area contributed by atoms with Gasteiger partial charge in [-0.05, 0) is 38.1 Å². The third-order valence-electron chi connectivity index (χ3n) is 3.42. The molecule has 0 unspecified atom stereocenters. The molecule has 0 saturated heterocycles. The molecule has 5 heteroatoms. The summed E-state index contributed by atoms with van der Waals surface area (Å²) in [6, 6.07) is 14.5. The van der Waals surface area contributed by atoms with Gasteiger partial charge < -0.3 is 19.2 Å². The molecule has 1 aromatic heterocycles. The van der Waals surface area contributed by atoms with Crippen LogP contribution in [0.25, 0.3) is 11.0 Å². The Morgan fingerprint density at radius 1 is 1.12 bits per heavy atom. The van der Waals surface area contributed by atoms with Gasteiger partial charge in [0.1, 0.15) is 5.75 Å². The number of rotatable bonds is 5. The largest absolute Gasteiger partial charge is 0.493 e. The van der Waals surface area contributed by atoms with Crippen LogP contribution in [0.1, 0.15) is 24.4 Å². The summed E-state index contributed by atoms with van der Waals surface area (Å²) < 4.78 is 16.5. The Balaban J connectivity index is 1.82. The van der Waals surface area contributed by atoms with E-state index in [2.05, 4.69) is 5.32 Å². The van der Waals surface area contributed by atoms with Crippen molar-refractivity contribution in [3.05, 3.63) is 54.3 Å². The van der Waals surface area contributed by atoms with E-state index in [0.717, 1.165) is 5.39 Å². The van der Waals surface area contributed by atoms with E-state index in [1.807, 2.05) is 38.1 Å². The summed E-state index contributed by atoms with van der Waals surface area (Å²) in [4.78, 5) is 12.4. The number of nitrogens with one attached hydrogen (secondary N) is 1. The Labute approximate surface area is 140 Å². The standard InChI is InChI=1S/C19H19NO4/c1-12(2)23-15-8-5-7-14(11-15)20-19(21)17-10-13-6-4-9-16(22-3)18(13)24-17/h4-12H,1-3H3,(H,20,21). The third-order valence-corrected chi connectivity index (χ3v) is 3.42. The van der Waals surface area contributed by atoms with Crippen LogP contribution >= 0.6 is 0 Å². The summed E-state index contributed by atoms with van der Waals surface area (Å²) in [5, 5.41) is 3.63. The average molecular weight is 325 g/mol. The van der Waals surface area contributed by atoms with Crippen LogP contribution in [0.2, 0.25) is 0 Å². The van der Waals surface area contributed by atoms with E-state index < -0.39 is 0 Å². The summed E-state index contributed by atoms with van der Waals surface area (Å²) >= 11 is 0. The van der Waals surface area contributed by atoms with Gasteiger partial charge in [-0.1, -0.05) is 18.2 Å². The predicted octanol–water partition coefficient (Wildman–Crippen LogP) is 4.48. The van der Waals surface area contributed by atoms with E-state index in [1.54, 1.807) is 31.4 Å². The first kappa shape index (κ1) is 15.9. The van der Waals surface area contributed by atoms with Gasteiger partial charge in [-0.25, -0.2) is 0 Å². The Kier molecular flexibility index (Phi) is 4.42. The van der Waals surface area contributed by atoms with Crippen molar-refractivity contribution in [1.82, 2.24) is 0 Å². The van der Waals surface area contributed by atoms with Crippen molar-refractivity contribution in [2.45, 2.75) is 20.0 Å². The third kappa shape index (κ3) is 3.35. The normalized spacial score (nSPS) is 10.8. The van der Waals surface area contributed by atoms with Crippen LogP contribution in [0.4, 0.5) is 5.69 Å². The highest BCUT2D eigenvalue weighted by molar-refractivity contribution is 6.05. The van der Waals surface area contributed by atoms with Gasteiger partial charge in [0.15, 0.2) is 17.1 Å². The minimum absolute atomic E-state index is 0.0683. The number of methoxy groups -OCH3 is 1. The number of fused-ring (bicyclic) bond motifs is 1. The lowest BCUT2D eigenvalue weighted by Gasteiger charge is -2.11. The molecule has 0 aliphatic heterocycles. The van der Waals surface area contributed by atoms with Gasteiger partial charge in [-0.3, -0.25) is 4.79 Å². The Morgan fingerprint density at radius 3 is 2.67 bits per heavy atom. The SMILES string of the molecule is COc1cccc2cc(C(=O)Nc3cccc(OC(C)C)c3)oc12. The molecule has 0 atom stereocenters. The van der Waals surface area contributed by atoms with Crippen LogP contribution in [0, 0.1) is 0 Å². The Morgan fingerprint density at radius 2 is 1.92 bits per heavy atom. The van der Waals surface area contributed by atoms with Crippen LogP contribution in [0.5, 0.6) is 11.5 Å². The summed E-state index contributed by atoms with van der Waals surface area (Å²) in [5.74, 6) is 1.20. The van der Waals surface area contributed by atoms with Gasteiger partial charge in [-0.2, -0.15) is 0 Å². The summed E-state index contributed by atoms with van der Waals surface area (Å²) in [6.45, 7) is 3.90. The summed E-state index contributed by atoms with van der Waals surface area (Å²) in [6.07, 6.45) is 0.0683. The topological polar surface area (TPSA) is 60.7 Å². The van der Waals surface area contributed by atoms with E-state index in [-0.39, 0.29) is 17.8 Å². The maximum Gasteiger partial charge on any atom is 0.291 e. The number of hydrogen-bond donors (Lipinski definition) is 1. The zero-order valence-corrected chi connectivity index (χ0v) is 13.8. The lowest BCUT2D eigenvalue weighted by molar-refractivity contribution is 0.0998. The van der Waals surface area contributed by atoms with Crippen LogP contribution < -0.4 is 14.8 Å². The Hall–Kier alpha value is -2.95. The molecule has 0 spiro atoms. The zero-order chi connectivity index (χ0) is 17.1. The Bertz CT molecular complexity index is 867. The number of furan rings is 1. The van der Waals surface area contributed by atoms with Gasteiger partial charge in [0, 0.05) is 17.1 Å². The van der Waals surface area contributed by atoms with E-state index in [4.69, 9.17) is 13.9 Å². The zero-order valence-electron chi connectivity index (χ0n) is 13.8. The van der Waals surface area contributed by atoms with Gasteiger partial charge >= 0.3 is 0 Å². The molecule has 0 aliphatic rings. The summed E-state index contributed by atoms with van der Waals surface area (Å²) in [7, 11) is 1.57. The van der Waals surface area contributed by atoms with Crippen molar-refractivity contribution in [3.63, 3.8) is 0 Å². The molecule has 3 rings (SSSR count). The van der Waals surface area contributed by atoms with E-state index in [0.29, 0.717) is 22.8 Å². The predicted molar refractivity (Wildman–Crippen MR) is 92.9 cm³/mol.